The second kappa shape index (κ2) is 5.33. The van der Waals surface area contributed by atoms with E-state index in [4.69, 9.17) is 5.73 Å². The van der Waals surface area contributed by atoms with E-state index in [2.05, 4.69) is 9.71 Å². The van der Waals surface area contributed by atoms with Crippen molar-refractivity contribution in [2.45, 2.75) is 11.6 Å². The Hall–Kier alpha value is -1.99. The number of hydrogen-bond acceptors (Lipinski definition) is 4. The SMILES string of the molecule is NCc1ccc(S(=O)(=O)Nc2ccccc2F)nc1. The zero-order chi connectivity index (χ0) is 13.9. The maximum Gasteiger partial charge on any atom is 0.279 e. The molecule has 0 amide bonds. The number of pyridine rings is 1. The van der Waals surface area contributed by atoms with Crippen molar-refractivity contribution in [3.63, 3.8) is 0 Å². The Morgan fingerprint density at radius 2 is 1.95 bits per heavy atom. The molecule has 0 saturated heterocycles. The summed E-state index contributed by atoms with van der Waals surface area (Å²) in [6.45, 7) is 0.272. The topological polar surface area (TPSA) is 85.1 Å². The summed E-state index contributed by atoms with van der Waals surface area (Å²) in [4.78, 5) is 3.79. The fourth-order valence-corrected chi connectivity index (χ4v) is 2.43. The lowest BCUT2D eigenvalue weighted by Crippen LogP contribution is -2.15. The second-order valence-corrected chi connectivity index (χ2v) is 5.42. The van der Waals surface area contributed by atoms with Gasteiger partial charge in [0.25, 0.3) is 10.0 Å². The molecule has 1 aromatic heterocycles. The summed E-state index contributed by atoms with van der Waals surface area (Å²) >= 11 is 0. The van der Waals surface area contributed by atoms with E-state index < -0.39 is 15.8 Å². The van der Waals surface area contributed by atoms with Gasteiger partial charge in [-0.1, -0.05) is 18.2 Å². The molecule has 2 rings (SSSR count). The quantitative estimate of drug-likeness (QED) is 0.889. The molecular formula is C12H12FN3O2S. The van der Waals surface area contributed by atoms with Crippen LogP contribution >= 0.6 is 0 Å². The van der Waals surface area contributed by atoms with Crippen LogP contribution in [0, 0.1) is 5.82 Å². The normalized spacial score (nSPS) is 11.3. The molecule has 0 fully saturated rings. The van der Waals surface area contributed by atoms with Crippen LogP contribution in [-0.2, 0) is 16.6 Å². The minimum Gasteiger partial charge on any atom is -0.326 e. The van der Waals surface area contributed by atoms with Crippen LogP contribution in [0.15, 0.2) is 47.6 Å². The van der Waals surface area contributed by atoms with E-state index in [1.807, 2.05) is 0 Å². The van der Waals surface area contributed by atoms with Gasteiger partial charge in [0.15, 0.2) is 5.03 Å². The predicted molar refractivity (Wildman–Crippen MR) is 69.3 cm³/mol. The van der Waals surface area contributed by atoms with Crippen LogP contribution in [0.5, 0.6) is 0 Å². The van der Waals surface area contributed by atoms with Gasteiger partial charge in [-0.2, -0.15) is 8.42 Å². The number of nitrogens with zero attached hydrogens (tertiary/aromatic N) is 1. The number of hydrogen-bond donors (Lipinski definition) is 2. The molecule has 0 saturated carbocycles. The van der Waals surface area contributed by atoms with Crippen molar-refractivity contribution in [2.75, 3.05) is 4.72 Å². The Bertz CT molecular complexity index is 672. The summed E-state index contributed by atoms with van der Waals surface area (Å²) < 4.78 is 39.5. The number of halogens is 1. The van der Waals surface area contributed by atoms with Crippen LogP contribution in [-0.4, -0.2) is 13.4 Å². The molecule has 0 spiro atoms. The largest absolute Gasteiger partial charge is 0.326 e. The molecule has 0 atom stereocenters. The third-order valence-corrected chi connectivity index (χ3v) is 3.71. The van der Waals surface area contributed by atoms with Crippen molar-refractivity contribution >= 4 is 15.7 Å². The molecule has 0 bridgehead atoms. The zero-order valence-electron chi connectivity index (χ0n) is 9.88. The van der Waals surface area contributed by atoms with Gasteiger partial charge in [0.1, 0.15) is 5.82 Å². The van der Waals surface area contributed by atoms with Gasteiger partial charge in [-0.3, -0.25) is 4.72 Å². The summed E-state index contributed by atoms with van der Waals surface area (Å²) in [6.07, 6.45) is 1.37. The summed E-state index contributed by atoms with van der Waals surface area (Å²) in [5.41, 5.74) is 5.99. The van der Waals surface area contributed by atoms with E-state index in [1.165, 1.54) is 36.5 Å². The second-order valence-electron chi connectivity index (χ2n) is 3.79. The van der Waals surface area contributed by atoms with Crippen molar-refractivity contribution in [3.05, 3.63) is 54.0 Å². The minimum absolute atomic E-state index is 0.118. The maximum absolute atomic E-state index is 13.4. The first-order valence-electron chi connectivity index (χ1n) is 5.45. The fourth-order valence-electron chi connectivity index (χ4n) is 1.43. The molecule has 0 radical (unpaired) electrons. The smallest absolute Gasteiger partial charge is 0.279 e. The number of nitrogens with one attached hydrogen (secondary N) is 1. The standard InChI is InChI=1S/C12H12FN3O2S/c13-10-3-1-2-4-11(10)16-19(17,18)12-6-5-9(7-14)8-15-12/h1-6,8,16H,7,14H2. The van der Waals surface area contributed by atoms with Gasteiger partial charge in [0.2, 0.25) is 0 Å². The van der Waals surface area contributed by atoms with Crippen molar-refractivity contribution in [1.82, 2.24) is 4.98 Å². The molecule has 5 nitrogen and oxygen atoms in total. The molecule has 100 valence electrons. The third kappa shape index (κ3) is 3.07. The van der Waals surface area contributed by atoms with E-state index in [9.17, 15) is 12.8 Å². The molecule has 2 aromatic rings. The Labute approximate surface area is 110 Å². The maximum atomic E-state index is 13.4. The van der Waals surface area contributed by atoms with Crippen LogP contribution in [0.25, 0.3) is 0 Å². The Balaban J connectivity index is 2.30. The summed E-state index contributed by atoms with van der Waals surface area (Å²) in [5.74, 6) is -0.648. The highest BCUT2D eigenvalue weighted by Crippen LogP contribution is 2.17. The summed E-state index contributed by atoms with van der Waals surface area (Å²) in [6, 6.07) is 8.39. The lowest BCUT2D eigenvalue weighted by atomic mass is 10.3. The molecule has 1 heterocycles. The first-order chi connectivity index (χ1) is 9.03. The van der Waals surface area contributed by atoms with Gasteiger partial charge in [-0.15, -0.1) is 0 Å². The average molecular weight is 281 g/mol. The van der Waals surface area contributed by atoms with E-state index in [0.717, 1.165) is 0 Å². The van der Waals surface area contributed by atoms with Gasteiger partial charge in [0.05, 0.1) is 5.69 Å². The zero-order valence-corrected chi connectivity index (χ0v) is 10.7. The highest BCUT2D eigenvalue weighted by Gasteiger charge is 2.17. The summed E-state index contributed by atoms with van der Waals surface area (Å²) in [5, 5.41) is -0.187. The van der Waals surface area contributed by atoms with Crippen molar-refractivity contribution < 1.29 is 12.8 Å². The van der Waals surface area contributed by atoms with Crippen LogP contribution in [0.4, 0.5) is 10.1 Å². The Kier molecular flexibility index (Phi) is 3.77. The molecular weight excluding hydrogens is 269 g/mol. The minimum atomic E-state index is -3.90. The number of anilines is 1. The van der Waals surface area contributed by atoms with E-state index in [-0.39, 0.29) is 17.3 Å². The summed E-state index contributed by atoms with van der Waals surface area (Å²) in [7, 11) is -3.90. The number of rotatable bonds is 4. The monoisotopic (exact) mass is 281 g/mol. The van der Waals surface area contributed by atoms with Crippen molar-refractivity contribution in [1.29, 1.82) is 0 Å². The van der Waals surface area contributed by atoms with Gasteiger partial charge in [-0.25, -0.2) is 9.37 Å². The molecule has 0 unspecified atom stereocenters. The van der Waals surface area contributed by atoms with Gasteiger partial charge < -0.3 is 5.73 Å². The Morgan fingerprint density at radius 1 is 1.21 bits per heavy atom. The van der Waals surface area contributed by atoms with Crippen LogP contribution in [0.1, 0.15) is 5.56 Å². The highest BCUT2D eigenvalue weighted by molar-refractivity contribution is 7.92. The van der Waals surface area contributed by atoms with Crippen molar-refractivity contribution in [2.24, 2.45) is 5.73 Å². The molecule has 0 aliphatic carbocycles. The number of benzene rings is 1. The molecule has 19 heavy (non-hydrogen) atoms. The van der Waals surface area contributed by atoms with Crippen LogP contribution in [0.3, 0.4) is 0 Å². The first-order valence-corrected chi connectivity index (χ1v) is 6.93. The van der Waals surface area contributed by atoms with E-state index >= 15 is 0 Å². The first kappa shape index (κ1) is 13.4. The Morgan fingerprint density at radius 3 is 2.53 bits per heavy atom. The lowest BCUT2D eigenvalue weighted by molar-refractivity contribution is 0.595. The highest BCUT2D eigenvalue weighted by atomic mass is 32.2. The van der Waals surface area contributed by atoms with Gasteiger partial charge >= 0.3 is 0 Å². The van der Waals surface area contributed by atoms with Crippen molar-refractivity contribution in [3.8, 4) is 0 Å². The van der Waals surface area contributed by atoms with Crippen LogP contribution < -0.4 is 10.5 Å². The number of aromatic nitrogens is 1. The van der Waals surface area contributed by atoms with E-state index in [0.29, 0.717) is 5.56 Å². The lowest BCUT2D eigenvalue weighted by Gasteiger charge is -2.08. The molecule has 1 aromatic carbocycles. The molecule has 3 N–H and O–H groups in total. The van der Waals surface area contributed by atoms with Gasteiger partial charge in [0, 0.05) is 12.7 Å². The fraction of sp³-hybridized carbons (Fsp3) is 0.0833. The van der Waals surface area contributed by atoms with Gasteiger partial charge in [-0.05, 0) is 23.8 Å². The third-order valence-electron chi connectivity index (χ3n) is 2.43. The average Bonchev–Trinajstić information content (AvgIpc) is 2.41. The van der Waals surface area contributed by atoms with Crippen LogP contribution in [0.2, 0.25) is 0 Å². The molecule has 0 aliphatic rings. The molecule has 7 heteroatoms. The number of sulfonamides is 1. The predicted octanol–water partition coefficient (Wildman–Crippen LogP) is 1.48. The molecule has 0 aliphatic heterocycles. The number of para-hydroxylation sites is 1. The number of nitrogens with two attached hydrogens (primary N) is 1. The van der Waals surface area contributed by atoms with E-state index in [1.54, 1.807) is 6.07 Å².